The molecule has 0 N–H and O–H groups in total. The van der Waals surface area contributed by atoms with Gasteiger partial charge in [0.25, 0.3) is 0 Å². The van der Waals surface area contributed by atoms with E-state index in [1.54, 1.807) is 24.3 Å². The Morgan fingerprint density at radius 3 is 2.05 bits per heavy atom. The van der Waals surface area contributed by atoms with Crippen molar-refractivity contribution in [3.8, 4) is 16.9 Å². The Balaban J connectivity index is 2.68. The minimum Gasteiger partial charge on any atom is -0.494 e. The molecule has 19 heavy (non-hydrogen) atoms. The topological polar surface area (TPSA) is 9.23 Å². The zero-order chi connectivity index (χ0) is 14.2. The fourth-order valence-electron chi connectivity index (χ4n) is 1.63. The molecule has 0 unspecified atom stereocenters. The molecule has 0 saturated carbocycles. The third-order valence-electron chi connectivity index (χ3n) is 2.55. The maximum absolute atomic E-state index is 6.27. The highest BCUT2D eigenvalue weighted by Gasteiger charge is 2.17. The molecular formula is C13H7Cl5O. The van der Waals surface area contributed by atoms with E-state index in [9.17, 15) is 0 Å². The lowest BCUT2D eigenvalue weighted by Crippen LogP contribution is -1.90. The lowest BCUT2D eigenvalue weighted by atomic mass is 10.1. The molecule has 0 atom stereocenters. The quantitative estimate of drug-likeness (QED) is 0.549. The molecule has 2 rings (SSSR count). The summed E-state index contributed by atoms with van der Waals surface area (Å²) in [5, 5.41) is 1.89. The van der Waals surface area contributed by atoms with Gasteiger partial charge in [0.15, 0.2) is 5.75 Å². The summed E-state index contributed by atoms with van der Waals surface area (Å²) < 4.78 is 5.17. The first-order valence-corrected chi connectivity index (χ1v) is 7.01. The summed E-state index contributed by atoms with van der Waals surface area (Å²) in [4.78, 5) is 0. The Morgan fingerprint density at radius 1 is 0.789 bits per heavy atom. The first-order valence-electron chi connectivity index (χ1n) is 5.12. The summed E-state index contributed by atoms with van der Waals surface area (Å²) >= 11 is 30.2. The van der Waals surface area contributed by atoms with Crippen LogP contribution in [0.1, 0.15) is 0 Å². The minimum absolute atomic E-state index is 0.276. The standard InChI is InChI=1S/C13H7Cl5O/c1-19-13-11(17)7(5-10(16)12(13)18)6-2-3-8(14)9(15)4-6/h2-5H,1H3. The van der Waals surface area contributed by atoms with Gasteiger partial charge in [-0.25, -0.2) is 0 Å². The average Bonchev–Trinajstić information content (AvgIpc) is 2.38. The average molecular weight is 356 g/mol. The maximum Gasteiger partial charge on any atom is 0.158 e. The zero-order valence-corrected chi connectivity index (χ0v) is 13.4. The van der Waals surface area contributed by atoms with Gasteiger partial charge in [-0.1, -0.05) is 64.1 Å². The van der Waals surface area contributed by atoms with Gasteiger partial charge in [0.1, 0.15) is 5.02 Å². The van der Waals surface area contributed by atoms with Crippen LogP contribution in [0.4, 0.5) is 0 Å². The van der Waals surface area contributed by atoms with Crippen molar-refractivity contribution in [2.75, 3.05) is 7.11 Å². The van der Waals surface area contributed by atoms with Crippen LogP contribution in [0.2, 0.25) is 25.1 Å². The van der Waals surface area contributed by atoms with Crippen molar-refractivity contribution in [2.45, 2.75) is 0 Å². The molecule has 2 aromatic carbocycles. The summed E-state index contributed by atoms with van der Waals surface area (Å²) in [6.07, 6.45) is 0. The number of methoxy groups -OCH3 is 1. The number of hydrogen-bond donors (Lipinski definition) is 0. The van der Waals surface area contributed by atoms with E-state index in [-0.39, 0.29) is 5.02 Å². The van der Waals surface area contributed by atoms with Crippen LogP contribution in [0.3, 0.4) is 0 Å². The SMILES string of the molecule is COc1c(Cl)c(Cl)cc(-c2ccc(Cl)c(Cl)c2)c1Cl. The summed E-state index contributed by atoms with van der Waals surface area (Å²) in [6, 6.07) is 6.84. The Bertz CT molecular complexity index is 639. The molecule has 0 spiro atoms. The second-order valence-corrected chi connectivity index (χ2v) is 5.67. The summed E-state index contributed by atoms with van der Waals surface area (Å²) in [5.41, 5.74) is 1.45. The molecule has 0 heterocycles. The third-order valence-corrected chi connectivity index (χ3v) is 4.43. The lowest BCUT2D eigenvalue weighted by Gasteiger charge is -2.12. The normalized spacial score (nSPS) is 10.6. The molecule has 0 aliphatic rings. The Labute approximate surface area is 135 Å². The van der Waals surface area contributed by atoms with Gasteiger partial charge in [0, 0.05) is 5.56 Å². The van der Waals surface area contributed by atoms with E-state index in [0.29, 0.717) is 31.4 Å². The highest BCUT2D eigenvalue weighted by molar-refractivity contribution is 6.46. The summed E-state index contributed by atoms with van der Waals surface area (Å²) in [7, 11) is 1.47. The monoisotopic (exact) mass is 354 g/mol. The molecule has 0 saturated heterocycles. The number of rotatable bonds is 2. The number of hydrogen-bond acceptors (Lipinski definition) is 1. The Kier molecular flexibility index (Phi) is 4.75. The van der Waals surface area contributed by atoms with Crippen molar-refractivity contribution in [1.29, 1.82) is 0 Å². The van der Waals surface area contributed by atoms with Crippen LogP contribution in [-0.2, 0) is 0 Å². The second kappa shape index (κ2) is 5.99. The Morgan fingerprint density at radius 2 is 1.47 bits per heavy atom. The number of halogens is 5. The molecule has 1 nitrogen and oxygen atoms in total. The van der Waals surface area contributed by atoms with Crippen LogP contribution in [0.5, 0.6) is 5.75 Å². The molecule has 0 aliphatic heterocycles. The van der Waals surface area contributed by atoms with Crippen molar-refractivity contribution in [3.05, 3.63) is 49.4 Å². The lowest BCUT2D eigenvalue weighted by molar-refractivity contribution is 0.415. The molecule has 0 radical (unpaired) electrons. The van der Waals surface area contributed by atoms with Crippen molar-refractivity contribution >= 4 is 58.0 Å². The minimum atomic E-state index is 0.276. The largest absolute Gasteiger partial charge is 0.494 e. The molecule has 2 aromatic rings. The summed E-state index contributed by atoms with van der Waals surface area (Å²) in [5.74, 6) is 0.330. The first-order chi connectivity index (χ1) is 8.95. The maximum atomic E-state index is 6.27. The van der Waals surface area contributed by atoms with Crippen LogP contribution >= 0.6 is 58.0 Å². The zero-order valence-electron chi connectivity index (χ0n) is 9.61. The predicted octanol–water partition coefficient (Wildman–Crippen LogP) is 6.63. The van der Waals surface area contributed by atoms with Gasteiger partial charge in [0.2, 0.25) is 0 Å². The van der Waals surface area contributed by atoms with Crippen LogP contribution in [0.25, 0.3) is 11.1 Å². The van der Waals surface area contributed by atoms with E-state index in [1.165, 1.54) is 7.11 Å². The highest BCUT2D eigenvalue weighted by Crippen LogP contribution is 2.45. The van der Waals surface area contributed by atoms with Crippen molar-refractivity contribution in [2.24, 2.45) is 0 Å². The van der Waals surface area contributed by atoms with Crippen molar-refractivity contribution < 1.29 is 4.74 Å². The number of ether oxygens (including phenoxy) is 1. The molecule has 0 amide bonds. The van der Waals surface area contributed by atoms with E-state index in [2.05, 4.69) is 0 Å². The molecular weight excluding hydrogens is 349 g/mol. The molecule has 0 aliphatic carbocycles. The molecule has 0 fully saturated rings. The predicted molar refractivity (Wildman–Crippen MR) is 83.5 cm³/mol. The number of benzene rings is 2. The molecule has 6 heteroatoms. The fraction of sp³-hybridized carbons (Fsp3) is 0.0769. The molecule has 0 aromatic heterocycles. The smallest absolute Gasteiger partial charge is 0.158 e. The van der Waals surface area contributed by atoms with Crippen LogP contribution in [0, 0.1) is 0 Å². The third kappa shape index (κ3) is 2.91. The van der Waals surface area contributed by atoms with E-state index >= 15 is 0 Å². The van der Waals surface area contributed by atoms with E-state index in [4.69, 9.17) is 62.7 Å². The van der Waals surface area contributed by atoms with Gasteiger partial charge in [-0.05, 0) is 23.8 Å². The van der Waals surface area contributed by atoms with Gasteiger partial charge in [-0.15, -0.1) is 0 Å². The van der Waals surface area contributed by atoms with Gasteiger partial charge in [0.05, 0.1) is 27.2 Å². The van der Waals surface area contributed by atoms with Gasteiger partial charge in [-0.3, -0.25) is 0 Å². The van der Waals surface area contributed by atoms with Crippen LogP contribution < -0.4 is 4.74 Å². The van der Waals surface area contributed by atoms with Gasteiger partial charge < -0.3 is 4.74 Å². The van der Waals surface area contributed by atoms with E-state index in [0.717, 1.165) is 5.56 Å². The first kappa shape index (κ1) is 15.1. The highest BCUT2D eigenvalue weighted by atomic mass is 35.5. The van der Waals surface area contributed by atoms with E-state index in [1.807, 2.05) is 0 Å². The van der Waals surface area contributed by atoms with Gasteiger partial charge >= 0.3 is 0 Å². The van der Waals surface area contributed by atoms with Crippen LogP contribution in [-0.4, -0.2) is 7.11 Å². The fourth-order valence-corrected chi connectivity index (χ4v) is 2.74. The van der Waals surface area contributed by atoms with Crippen molar-refractivity contribution in [3.63, 3.8) is 0 Å². The Hall–Kier alpha value is -0.310. The summed E-state index contributed by atoms with van der Waals surface area (Å²) in [6.45, 7) is 0. The van der Waals surface area contributed by atoms with Gasteiger partial charge in [-0.2, -0.15) is 0 Å². The molecule has 100 valence electrons. The molecule has 0 bridgehead atoms. The van der Waals surface area contributed by atoms with Crippen molar-refractivity contribution in [1.82, 2.24) is 0 Å². The van der Waals surface area contributed by atoms with E-state index < -0.39 is 0 Å². The second-order valence-electron chi connectivity index (χ2n) is 3.70. The van der Waals surface area contributed by atoms with Crippen LogP contribution in [0.15, 0.2) is 24.3 Å².